The van der Waals surface area contributed by atoms with Gasteiger partial charge in [-0.15, -0.1) is 11.3 Å². The van der Waals surface area contributed by atoms with Crippen molar-refractivity contribution in [2.24, 2.45) is 4.99 Å². The van der Waals surface area contributed by atoms with Crippen LogP contribution in [0.15, 0.2) is 22.5 Å². The molecule has 1 N–H and O–H groups in total. The minimum Gasteiger partial charge on any atom is -0.381 e. The third-order valence-electron chi connectivity index (χ3n) is 3.84. The summed E-state index contributed by atoms with van der Waals surface area (Å²) in [7, 11) is 0. The maximum Gasteiger partial charge on any atom is 0.157 e. The first-order valence-electron chi connectivity index (χ1n) is 6.91. The first-order valence-corrected chi connectivity index (χ1v) is 8.78. The van der Waals surface area contributed by atoms with Crippen molar-refractivity contribution in [2.75, 3.05) is 19.0 Å². The Morgan fingerprint density at radius 2 is 2.32 bits per heavy atom. The number of nitrogens with one attached hydrogen (secondary N) is 1. The molecule has 1 unspecified atom stereocenters. The number of nitrogens with zero attached hydrogens (tertiary/aromatic N) is 1. The predicted octanol–water partition coefficient (Wildman–Crippen LogP) is 3.44. The van der Waals surface area contributed by atoms with Gasteiger partial charge in [-0.2, -0.15) is 0 Å². The number of amidine groups is 1. The van der Waals surface area contributed by atoms with E-state index in [1.54, 1.807) is 11.3 Å². The molecule has 5 heteroatoms. The monoisotopic (exact) mass is 296 g/mol. The van der Waals surface area contributed by atoms with E-state index in [4.69, 9.17) is 9.73 Å². The van der Waals surface area contributed by atoms with Crippen molar-refractivity contribution in [1.29, 1.82) is 0 Å². The Labute approximate surface area is 122 Å². The number of rotatable bonds is 3. The van der Waals surface area contributed by atoms with Gasteiger partial charge in [0.2, 0.25) is 0 Å². The molecule has 19 heavy (non-hydrogen) atoms. The molecule has 0 bridgehead atoms. The Morgan fingerprint density at radius 1 is 1.47 bits per heavy atom. The van der Waals surface area contributed by atoms with Crippen LogP contribution in [-0.2, 0) is 4.74 Å². The lowest BCUT2D eigenvalue weighted by Gasteiger charge is -2.32. The molecule has 2 fully saturated rings. The second-order valence-corrected chi connectivity index (χ2v) is 7.12. The lowest BCUT2D eigenvalue weighted by atomic mass is 9.93. The first-order chi connectivity index (χ1) is 9.31. The smallest absolute Gasteiger partial charge is 0.157 e. The van der Waals surface area contributed by atoms with E-state index in [1.807, 2.05) is 11.8 Å². The maximum absolute atomic E-state index is 5.47. The molecule has 0 saturated carbocycles. The minimum absolute atomic E-state index is 0.246. The van der Waals surface area contributed by atoms with Gasteiger partial charge in [-0.3, -0.25) is 4.99 Å². The summed E-state index contributed by atoms with van der Waals surface area (Å²) < 4.78 is 5.47. The van der Waals surface area contributed by atoms with E-state index in [-0.39, 0.29) is 5.54 Å². The quantitative estimate of drug-likeness (QED) is 0.927. The second-order valence-electron chi connectivity index (χ2n) is 5.18. The highest BCUT2D eigenvalue weighted by molar-refractivity contribution is 8.14. The molecule has 3 nitrogen and oxygen atoms in total. The Bertz CT molecular complexity index is 438. The molecule has 1 aromatic heterocycles. The SMILES string of the molecule is CCC(N=C1NC2(CCOCC2)CS1)c1cccs1. The number of hydrogen-bond acceptors (Lipinski definition) is 4. The number of aliphatic imine (C=N–C) groups is 1. The molecule has 104 valence electrons. The van der Waals surface area contributed by atoms with E-state index in [1.165, 1.54) is 4.88 Å². The standard InChI is InChI=1S/C14H20N2OS2/c1-2-11(12-4-3-9-18-12)15-13-16-14(10-19-13)5-7-17-8-6-14/h3-4,9,11H,2,5-8,10H2,1H3,(H,15,16). The summed E-state index contributed by atoms with van der Waals surface area (Å²) in [6, 6.07) is 4.61. The van der Waals surface area contributed by atoms with E-state index in [0.717, 1.165) is 43.4 Å². The zero-order valence-corrected chi connectivity index (χ0v) is 12.9. The fraction of sp³-hybridized carbons (Fsp3) is 0.643. The van der Waals surface area contributed by atoms with E-state index in [9.17, 15) is 0 Å². The van der Waals surface area contributed by atoms with Gasteiger partial charge in [-0.1, -0.05) is 24.8 Å². The van der Waals surface area contributed by atoms with Gasteiger partial charge >= 0.3 is 0 Å². The van der Waals surface area contributed by atoms with E-state index in [2.05, 4.69) is 29.8 Å². The Hall–Kier alpha value is -0.520. The molecule has 1 atom stereocenters. The fourth-order valence-corrected chi connectivity index (χ4v) is 4.70. The van der Waals surface area contributed by atoms with Gasteiger partial charge < -0.3 is 10.1 Å². The van der Waals surface area contributed by atoms with Crippen molar-refractivity contribution in [2.45, 2.75) is 37.8 Å². The first kappa shape index (κ1) is 13.5. The highest BCUT2D eigenvalue weighted by Crippen LogP contribution is 2.34. The normalized spacial score (nSPS) is 25.6. The van der Waals surface area contributed by atoms with Gasteiger partial charge in [0.05, 0.1) is 11.6 Å². The third-order valence-corrected chi connectivity index (χ3v) is 5.99. The lowest BCUT2D eigenvalue weighted by molar-refractivity contribution is 0.0555. The molecular weight excluding hydrogens is 276 g/mol. The summed E-state index contributed by atoms with van der Waals surface area (Å²) in [6.07, 6.45) is 3.27. The molecule has 2 aliphatic rings. The van der Waals surface area contributed by atoms with Crippen molar-refractivity contribution in [3.8, 4) is 0 Å². The highest BCUT2D eigenvalue weighted by atomic mass is 32.2. The van der Waals surface area contributed by atoms with Crippen LogP contribution >= 0.6 is 23.1 Å². The molecule has 0 aliphatic carbocycles. The molecular formula is C14H20N2OS2. The third kappa shape index (κ3) is 2.98. The molecule has 3 heterocycles. The molecule has 1 aromatic rings. The Balaban J connectivity index is 1.70. The van der Waals surface area contributed by atoms with E-state index in [0.29, 0.717) is 6.04 Å². The van der Waals surface area contributed by atoms with Crippen LogP contribution < -0.4 is 5.32 Å². The van der Waals surface area contributed by atoms with Crippen LogP contribution in [0.5, 0.6) is 0 Å². The molecule has 0 amide bonds. The Morgan fingerprint density at radius 3 is 3.00 bits per heavy atom. The molecule has 2 saturated heterocycles. The summed E-state index contributed by atoms with van der Waals surface area (Å²) in [5.74, 6) is 1.13. The maximum atomic E-state index is 5.47. The van der Waals surface area contributed by atoms with Crippen LogP contribution in [0.4, 0.5) is 0 Å². The van der Waals surface area contributed by atoms with Crippen molar-refractivity contribution in [3.63, 3.8) is 0 Å². The Kier molecular flexibility index (Phi) is 4.15. The summed E-state index contributed by atoms with van der Waals surface area (Å²) in [5.41, 5.74) is 0.246. The zero-order chi connectivity index (χ0) is 13.1. The lowest BCUT2D eigenvalue weighted by Crippen LogP contribution is -2.48. The molecule has 2 aliphatic heterocycles. The van der Waals surface area contributed by atoms with Crippen molar-refractivity contribution in [3.05, 3.63) is 22.4 Å². The number of thioether (sulfide) groups is 1. The second kappa shape index (κ2) is 5.85. The largest absolute Gasteiger partial charge is 0.381 e. The molecule has 1 spiro atoms. The molecule has 3 rings (SSSR count). The van der Waals surface area contributed by atoms with Crippen LogP contribution in [0.2, 0.25) is 0 Å². The summed E-state index contributed by atoms with van der Waals surface area (Å²) in [5, 5.41) is 6.93. The van der Waals surface area contributed by atoms with Crippen LogP contribution in [0.3, 0.4) is 0 Å². The van der Waals surface area contributed by atoms with Gasteiger partial charge in [0.25, 0.3) is 0 Å². The molecule has 0 aromatic carbocycles. The van der Waals surface area contributed by atoms with Crippen molar-refractivity contribution < 1.29 is 4.74 Å². The van der Waals surface area contributed by atoms with Crippen LogP contribution in [0, 0.1) is 0 Å². The van der Waals surface area contributed by atoms with Gasteiger partial charge in [0.1, 0.15) is 0 Å². The number of thiophene rings is 1. The van der Waals surface area contributed by atoms with Gasteiger partial charge in [0.15, 0.2) is 5.17 Å². The van der Waals surface area contributed by atoms with Gasteiger partial charge in [-0.25, -0.2) is 0 Å². The summed E-state index contributed by atoms with van der Waals surface area (Å²) >= 11 is 3.68. The van der Waals surface area contributed by atoms with E-state index >= 15 is 0 Å². The summed E-state index contributed by atoms with van der Waals surface area (Å²) in [4.78, 5) is 6.29. The fourth-order valence-electron chi connectivity index (χ4n) is 2.59. The number of ether oxygens (including phenoxy) is 1. The van der Waals surface area contributed by atoms with Crippen molar-refractivity contribution >= 4 is 28.3 Å². The highest BCUT2D eigenvalue weighted by Gasteiger charge is 2.38. The average molecular weight is 296 g/mol. The van der Waals surface area contributed by atoms with E-state index < -0.39 is 0 Å². The minimum atomic E-state index is 0.246. The molecule has 0 radical (unpaired) electrons. The van der Waals surface area contributed by atoms with Crippen LogP contribution in [-0.4, -0.2) is 29.7 Å². The zero-order valence-electron chi connectivity index (χ0n) is 11.2. The van der Waals surface area contributed by atoms with Crippen LogP contribution in [0.1, 0.15) is 37.1 Å². The summed E-state index contributed by atoms with van der Waals surface area (Å²) in [6.45, 7) is 3.96. The van der Waals surface area contributed by atoms with Gasteiger partial charge in [0, 0.05) is 23.8 Å². The van der Waals surface area contributed by atoms with Crippen molar-refractivity contribution in [1.82, 2.24) is 5.32 Å². The average Bonchev–Trinajstić information content (AvgIpc) is 3.08. The van der Waals surface area contributed by atoms with Crippen LogP contribution in [0.25, 0.3) is 0 Å². The number of hydrogen-bond donors (Lipinski definition) is 1. The topological polar surface area (TPSA) is 33.6 Å². The predicted molar refractivity (Wildman–Crippen MR) is 83.2 cm³/mol. The van der Waals surface area contributed by atoms with Gasteiger partial charge in [-0.05, 0) is 30.7 Å².